The molecule has 0 unspecified atom stereocenters. The molecule has 1 aromatic carbocycles. The van der Waals surface area contributed by atoms with Crippen molar-refractivity contribution >= 4 is 35.2 Å². The van der Waals surface area contributed by atoms with Crippen molar-refractivity contribution in [1.82, 2.24) is 9.80 Å². The Balaban J connectivity index is 1.77. The number of urea groups is 1. The third-order valence-corrected chi connectivity index (χ3v) is 4.46. The van der Waals surface area contributed by atoms with Gasteiger partial charge in [-0.2, -0.15) is 0 Å². The summed E-state index contributed by atoms with van der Waals surface area (Å²) in [5, 5.41) is 0. The maximum absolute atomic E-state index is 12.5. The largest absolute Gasteiger partial charge is 0.334 e. The Labute approximate surface area is 150 Å². The molecule has 1 aromatic rings. The number of nitrogens with zero attached hydrogens (tertiary/aromatic N) is 3. The van der Waals surface area contributed by atoms with Crippen LogP contribution in [0, 0.1) is 5.92 Å². The van der Waals surface area contributed by atoms with Gasteiger partial charge >= 0.3 is 17.8 Å². The molecule has 8 heteroatoms. The standard InChI is InChI=1S/C18H19N3O5/c1-10(2)8-20-16(24)17(25)21(18(20)26)9-14(22)11-4-5-13-12(6-11)7-15(23)19(13)3/h4-6,10H,7-9H2,1-3H3. The number of ketones is 1. The van der Waals surface area contributed by atoms with Gasteiger partial charge in [-0.15, -0.1) is 0 Å². The van der Waals surface area contributed by atoms with E-state index in [2.05, 4.69) is 0 Å². The zero-order valence-electron chi connectivity index (χ0n) is 14.8. The molecule has 1 saturated heterocycles. The van der Waals surface area contributed by atoms with Gasteiger partial charge in [0.25, 0.3) is 0 Å². The average molecular weight is 357 g/mol. The molecule has 26 heavy (non-hydrogen) atoms. The van der Waals surface area contributed by atoms with Gasteiger partial charge in [-0.1, -0.05) is 13.8 Å². The van der Waals surface area contributed by atoms with Crippen LogP contribution in [0.1, 0.15) is 29.8 Å². The summed E-state index contributed by atoms with van der Waals surface area (Å²) in [5.74, 6) is -2.41. The summed E-state index contributed by atoms with van der Waals surface area (Å²) >= 11 is 0. The predicted octanol–water partition coefficient (Wildman–Crippen LogP) is 0.835. The number of anilines is 1. The Bertz CT molecular complexity index is 845. The highest BCUT2D eigenvalue weighted by Crippen LogP contribution is 2.28. The number of hydrogen-bond donors (Lipinski definition) is 0. The number of carbonyl (C=O) groups is 5. The second-order valence-corrected chi connectivity index (χ2v) is 6.88. The molecule has 2 aliphatic rings. The molecule has 0 saturated carbocycles. The first-order chi connectivity index (χ1) is 12.2. The monoisotopic (exact) mass is 357 g/mol. The lowest BCUT2D eigenvalue weighted by Gasteiger charge is -2.16. The van der Waals surface area contributed by atoms with Crippen molar-refractivity contribution < 1.29 is 24.0 Å². The average Bonchev–Trinajstić information content (AvgIpc) is 2.98. The minimum atomic E-state index is -0.986. The minimum Gasteiger partial charge on any atom is -0.315 e. The Hall–Kier alpha value is -3.03. The first-order valence-electron chi connectivity index (χ1n) is 8.30. The number of Topliss-reactive ketones (excluding diaryl/α,β-unsaturated/α-hetero) is 1. The fourth-order valence-electron chi connectivity index (χ4n) is 3.09. The quantitative estimate of drug-likeness (QED) is 0.442. The van der Waals surface area contributed by atoms with Crippen molar-refractivity contribution in [1.29, 1.82) is 0 Å². The lowest BCUT2D eigenvalue weighted by Crippen LogP contribution is -2.38. The molecule has 5 amide bonds. The summed E-state index contributed by atoms with van der Waals surface area (Å²) in [6.45, 7) is 3.27. The van der Waals surface area contributed by atoms with E-state index in [-0.39, 0.29) is 24.8 Å². The van der Waals surface area contributed by atoms with Crippen LogP contribution >= 0.6 is 0 Å². The van der Waals surface area contributed by atoms with Crippen LogP contribution in [0.3, 0.4) is 0 Å². The van der Waals surface area contributed by atoms with Crippen molar-refractivity contribution in [2.45, 2.75) is 20.3 Å². The Morgan fingerprint density at radius 1 is 1.08 bits per heavy atom. The van der Waals surface area contributed by atoms with Crippen LogP contribution in [0.15, 0.2) is 18.2 Å². The lowest BCUT2D eigenvalue weighted by atomic mass is 10.0. The first-order valence-corrected chi connectivity index (χ1v) is 8.30. The maximum atomic E-state index is 12.5. The molecule has 0 atom stereocenters. The van der Waals surface area contributed by atoms with E-state index < -0.39 is 30.2 Å². The number of likely N-dealkylation sites (N-methyl/N-ethyl adjacent to an activating group) is 1. The van der Waals surface area contributed by atoms with E-state index in [0.29, 0.717) is 10.5 Å². The molecule has 0 aromatic heterocycles. The van der Waals surface area contributed by atoms with Crippen molar-refractivity contribution in [2.24, 2.45) is 5.92 Å². The first kappa shape index (κ1) is 17.8. The van der Waals surface area contributed by atoms with Crippen LogP contribution in [0.5, 0.6) is 0 Å². The third-order valence-electron chi connectivity index (χ3n) is 4.46. The van der Waals surface area contributed by atoms with Gasteiger partial charge < -0.3 is 4.90 Å². The molecule has 0 bridgehead atoms. The molecule has 136 valence electrons. The van der Waals surface area contributed by atoms with Crippen LogP contribution < -0.4 is 4.90 Å². The zero-order chi connectivity index (χ0) is 19.2. The van der Waals surface area contributed by atoms with Crippen LogP contribution in [-0.4, -0.2) is 59.5 Å². The van der Waals surface area contributed by atoms with Gasteiger partial charge in [0.05, 0.1) is 13.0 Å². The van der Waals surface area contributed by atoms with E-state index in [1.54, 1.807) is 25.2 Å². The number of imide groups is 2. The van der Waals surface area contributed by atoms with Gasteiger partial charge in [-0.05, 0) is 29.7 Å². The maximum Gasteiger partial charge on any atom is 0.334 e. The zero-order valence-corrected chi connectivity index (χ0v) is 14.8. The molecule has 3 rings (SSSR count). The van der Waals surface area contributed by atoms with E-state index in [1.807, 2.05) is 13.8 Å². The van der Waals surface area contributed by atoms with Gasteiger partial charge in [0.1, 0.15) is 0 Å². The number of carbonyl (C=O) groups excluding carboxylic acids is 5. The smallest absolute Gasteiger partial charge is 0.315 e. The molecule has 1 fully saturated rings. The minimum absolute atomic E-state index is 0.0117. The number of hydrogen-bond acceptors (Lipinski definition) is 5. The van der Waals surface area contributed by atoms with Crippen molar-refractivity contribution in [3.63, 3.8) is 0 Å². The molecule has 8 nitrogen and oxygen atoms in total. The second-order valence-electron chi connectivity index (χ2n) is 6.88. The van der Waals surface area contributed by atoms with Crippen LogP contribution in [0.4, 0.5) is 10.5 Å². The fourth-order valence-corrected chi connectivity index (χ4v) is 3.09. The van der Waals surface area contributed by atoms with Crippen molar-refractivity contribution in [3.8, 4) is 0 Å². The number of amides is 5. The normalized spacial score (nSPS) is 17.0. The third kappa shape index (κ3) is 2.87. The van der Waals surface area contributed by atoms with Crippen LogP contribution in [-0.2, 0) is 20.8 Å². The second kappa shape index (κ2) is 6.36. The summed E-state index contributed by atoms with van der Waals surface area (Å²) in [6.07, 6.45) is 0.204. The summed E-state index contributed by atoms with van der Waals surface area (Å²) < 4.78 is 0. The Morgan fingerprint density at radius 3 is 2.38 bits per heavy atom. The van der Waals surface area contributed by atoms with Gasteiger partial charge in [0.15, 0.2) is 5.78 Å². The molecule has 0 spiro atoms. The van der Waals surface area contributed by atoms with Crippen molar-refractivity contribution in [2.75, 3.05) is 25.0 Å². The number of rotatable bonds is 5. The predicted molar refractivity (Wildman–Crippen MR) is 91.5 cm³/mol. The van der Waals surface area contributed by atoms with E-state index >= 15 is 0 Å². The molecule has 0 N–H and O–H groups in total. The summed E-state index contributed by atoms with van der Waals surface area (Å²) in [5.41, 5.74) is 1.75. The van der Waals surface area contributed by atoms with Gasteiger partial charge in [0, 0.05) is 24.8 Å². The van der Waals surface area contributed by atoms with Crippen LogP contribution in [0.2, 0.25) is 0 Å². The number of fused-ring (bicyclic) bond motifs is 1. The lowest BCUT2D eigenvalue weighted by molar-refractivity contribution is -0.143. The van der Waals surface area contributed by atoms with E-state index in [1.165, 1.54) is 4.90 Å². The summed E-state index contributed by atoms with van der Waals surface area (Å²) in [7, 11) is 1.66. The SMILES string of the molecule is CC(C)CN1C(=O)C(=O)N(CC(=O)c2ccc3c(c2)CC(=O)N3C)C1=O. The summed E-state index contributed by atoms with van der Waals surface area (Å²) in [6, 6.07) is 4.04. The molecule has 2 aliphatic heterocycles. The van der Waals surface area contributed by atoms with E-state index in [9.17, 15) is 24.0 Å². The van der Waals surface area contributed by atoms with E-state index in [0.717, 1.165) is 16.2 Å². The van der Waals surface area contributed by atoms with Gasteiger partial charge in [-0.25, -0.2) is 9.69 Å². The highest BCUT2D eigenvalue weighted by atomic mass is 16.2. The molecule has 2 heterocycles. The topological polar surface area (TPSA) is 95.1 Å². The van der Waals surface area contributed by atoms with Gasteiger partial charge in [0.2, 0.25) is 5.91 Å². The Kier molecular flexibility index (Phi) is 4.35. The highest BCUT2D eigenvalue weighted by molar-refractivity contribution is 6.45. The van der Waals surface area contributed by atoms with E-state index in [4.69, 9.17) is 0 Å². The summed E-state index contributed by atoms with van der Waals surface area (Å²) in [4.78, 5) is 63.6. The molecular weight excluding hydrogens is 338 g/mol. The fraction of sp³-hybridized carbons (Fsp3) is 0.389. The molecule has 0 radical (unpaired) electrons. The highest BCUT2D eigenvalue weighted by Gasteiger charge is 2.45. The molecule has 0 aliphatic carbocycles. The van der Waals surface area contributed by atoms with Crippen LogP contribution in [0.25, 0.3) is 0 Å². The van der Waals surface area contributed by atoms with Gasteiger partial charge in [-0.3, -0.25) is 24.1 Å². The number of benzene rings is 1. The van der Waals surface area contributed by atoms with Crippen molar-refractivity contribution in [3.05, 3.63) is 29.3 Å². The Morgan fingerprint density at radius 2 is 1.73 bits per heavy atom. The molecular formula is C18H19N3O5.